The van der Waals surface area contributed by atoms with Gasteiger partial charge in [0.15, 0.2) is 0 Å². The average Bonchev–Trinajstić information content (AvgIpc) is 2.61. The zero-order valence-corrected chi connectivity index (χ0v) is 14.1. The smallest absolute Gasteiger partial charge is 0.268 e. The molecule has 0 aliphatic heterocycles. The molecular formula is C16H19NO4S. The third-order valence-corrected chi connectivity index (χ3v) is 5.13. The first-order valence-corrected chi connectivity index (χ1v) is 8.33. The molecule has 0 spiro atoms. The number of amides is 1. The summed E-state index contributed by atoms with van der Waals surface area (Å²) in [4.78, 5) is 12.4. The molecule has 5 nitrogen and oxygen atoms in total. The molecule has 0 aliphatic rings. The van der Waals surface area contributed by atoms with Gasteiger partial charge in [-0.3, -0.25) is 4.79 Å². The lowest BCUT2D eigenvalue weighted by atomic mass is 10.1. The maximum Gasteiger partial charge on any atom is 0.268 e. The van der Waals surface area contributed by atoms with E-state index in [2.05, 4.69) is 4.72 Å². The van der Waals surface area contributed by atoms with Crippen molar-refractivity contribution in [3.8, 4) is 0 Å². The first kappa shape index (κ1) is 16.3. The minimum Gasteiger partial charge on any atom is -0.466 e. The van der Waals surface area contributed by atoms with Crippen molar-refractivity contribution in [2.45, 2.75) is 39.5 Å². The van der Waals surface area contributed by atoms with E-state index in [1.54, 1.807) is 39.8 Å². The fraction of sp³-hybridized carbons (Fsp3) is 0.312. The summed E-state index contributed by atoms with van der Waals surface area (Å²) in [6.45, 7) is 8.67. The number of nitrogens with one attached hydrogen (secondary N) is 1. The van der Waals surface area contributed by atoms with E-state index in [1.807, 2.05) is 6.92 Å². The van der Waals surface area contributed by atoms with E-state index >= 15 is 0 Å². The van der Waals surface area contributed by atoms with Gasteiger partial charge in [-0.15, -0.1) is 0 Å². The molecule has 1 heterocycles. The van der Waals surface area contributed by atoms with Crippen molar-refractivity contribution in [3.63, 3.8) is 0 Å². The van der Waals surface area contributed by atoms with Gasteiger partial charge in [-0.05, 0) is 46.2 Å². The SMILES string of the molecule is Cc1ccc(S(=O)(=O)NC(=O)c2c(C)oc(C)c2C)c(C)c1. The van der Waals surface area contributed by atoms with Crippen molar-refractivity contribution in [2.75, 3.05) is 0 Å². The van der Waals surface area contributed by atoms with Crippen LogP contribution >= 0.6 is 0 Å². The van der Waals surface area contributed by atoms with Crippen molar-refractivity contribution >= 4 is 15.9 Å². The van der Waals surface area contributed by atoms with Crippen LogP contribution in [-0.4, -0.2) is 14.3 Å². The van der Waals surface area contributed by atoms with Crippen LogP contribution < -0.4 is 4.72 Å². The molecule has 2 aromatic rings. The molecule has 118 valence electrons. The quantitative estimate of drug-likeness (QED) is 0.943. The number of carbonyl (C=O) groups is 1. The molecule has 0 unspecified atom stereocenters. The first-order valence-electron chi connectivity index (χ1n) is 6.84. The highest BCUT2D eigenvalue weighted by Crippen LogP contribution is 2.22. The van der Waals surface area contributed by atoms with Crippen LogP contribution in [0.2, 0.25) is 0 Å². The third-order valence-electron chi connectivity index (χ3n) is 3.64. The molecular weight excluding hydrogens is 302 g/mol. The van der Waals surface area contributed by atoms with Gasteiger partial charge in [0.05, 0.1) is 10.5 Å². The summed E-state index contributed by atoms with van der Waals surface area (Å²) in [6.07, 6.45) is 0. The van der Waals surface area contributed by atoms with Crippen LogP contribution in [0.4, 0.5) is 0 Å². The minimum atomic E-state index is -3.92. The summed E-state index contributed by atoms with van der Waals surface area (Å²) in [5.41, 5.74) is 2.47. The van der Waals surface area contributed by atoms with Gasteiger partial charge in [-0.1, -0.05) is 17.7 Å². The Hall–Kier alpha value is -2.08. The van der Waals surface area contributed by atoms with Crippen molar-refractivity contribution in [2.24, 2.45) is 0 Å². The van der Waals surface area contributed by atoms with E-state index in [9.17, 15) is 13.2 Å². The second-order valence-corrected chi connectivity index (χ2v) is 7.07. The molecule has 2 rings (SSSR count). The molecule has 0 saturated heterocycles. The van der Waals surface area contributed by atoms with Gasteiger partial charge in [0, 0.05) is 5.56 Å². The molecule has 0 fully saturated rings. The Morgan fingerprint density at radius 3 is 2.18 bits per heavy atom. The highest BCUT2D eigenvalue weighted by molar-refractivity contribution is 7.90. The predicted molar refractivity (Wildman–Crippen MR) is 83.5 cm³/mol. The number of sulfonamides is 1. The van der Waals surface area contributed by atoms with E-state index in [0.29, 0.717) is 22.6 Å². The second-order valence-electron chi connectivity index (χ2n) is 5.42. The standard InChI is InChI=1S/C16H19NO4S/c1-9-6-7-14(10(2)8-9)22(19,20)17-16(18)15-11(3)12(4)21-13(15)5/h6-8H,1-5H3,(H,17,18). The van der Waals surface area contributed by atoms with Gasteiger partial charge >= 0.3 is 0 Å². The van der Waals surface area contributed by atoms with Gasteiger partial charge in [0.1, 0.15) is 11.5 Å². The molecule has 0 aliphatic carbocycles. The van der Waals surface area contributed by atoms with Crippen LogP contribution in [-0.2, 0) is 10.0 Å². The summed E-state index contributed by atoms with van der Waals surface area (Å²) < 4.78 is 32.3. The Morgan fingerprint density at radius 2 is 1.68 bits per heavy atom. The number of aryl methyl sites for hydroxylation is 4. The van der Waals surface area contributed by atoms with Gasteiger partial charge in [0.2, 0.25) is 0 Å². The molecule has 0 bridgehead atoms. The predicted octanol–water partition coefficient (Wildman–Crippen LogP) is 2.94. The fourth-order valence-corrected chi connectivity index (χ4v) is 3.64. The van der Waals surface area contributed by atoms with E-state index < -0.39 is 15.9 Å². The van der Waals surface area contributed by atoms with Gasteiger partial charge in [-0.25, -0.2) is 13.1 Å². The summed E-state index contributed by atoms with van der Waals surface area (Å²) >= 11 is 0. The molecule has 22 heavy (non-hydrogen) atoms. The highest BCUT2D eigenvalue weighted by Gasteiger charge is 2.25. The van der Waals surface area contributed by atoms with Crippen LogP contribution in [0.1, 0.15) is 38.6 Å². The molecule has 0 radical (unpaired) electrons. The number of carbonyl (C=O) groups excluding carboxylic acids is 1. The van der Waals surface area contributed by atoms with Crippen LogP contribution in [0, 0.1) is 34.6 Å². The average molecular weight is 321 g/mol. The zero-order chi connectivity index (χ0) is 16.7. The van der Waals surface area contributed by atoms with Crippen molar-refractivity contribution in [1.82, 2.24) is 4.72 Å². The monoisotopic (exact) mass is 321 g/mol. The Bertz CT molecular complexity index is 847. The normalized spacial score (nSPS) is 11.5. The van der Waals surface area contributed by atoms with Crippen molar-refractivity contribution in [1.29, 1.82) is 0 Å². The van der Waals surface area contributed by atoms with Crippen LogP contribution in [0.5, 0.6) is 0 Å². The molecule has 1 aromatic carbocycles. The molecule has 0 atom stereocenters. The Labute approximate surface area is 130 Å². The summed E-state index contributed by atoms with van der Waals surface area (Å²) in [5.74, 6) is 0.335. The number of furan rings is 1. The maximum absolute atomic E-state index is 12.4. The van der Waals surface area contributed by atoms with E-state index in [-0.39, 0.29) is 10.5 Å². The Morgan fingerprint density at radius 1 is 1.05 bits per heavy atom. The van der Waals surface area contributed by atoms with Crippen molar-refractivity contribution in [3.05, 3.63) is 52.0 Å². The van der Waals surface area contributed by atoms with Crippen LogP contribution in [0.25, 0.3) is 0 Å². The van der Waals surface area contributed by atoms with E-state index in [4.69, 9.17) is 4.42 Å². The molecule has 0 saturated carbocycles. The molecule has 1 aromatic heterocycles. The first-order chi connectivity index (χ1) is 10.1. The lowest BCUT2D eigenvalue weighted by Crippen LogP contribution is -2.31. The Balaban J connectivity index is 2.38. The Kier molecular flexibility index (Phi) is 4.15. The summed E-state index contributed by atoms with van der Waals surface area (Å²) in [7, 11) is -3.92. The zero-order valence-electron chi connectivity index (χ0n) is 13.3. The summed E-state index contributed by atoms with van der Waals surface area (Å²) in [5, 5.41) is 0. The summed E-state index contributed by atoms with van der Waals surface area (Å²) in [6, 6.07) is 4.96. The number of rotatable bonds is 3. The largest absolute Gasteiger partial charge is 0.466 e. The topological polar surface area (TPSA) is 76.4 Å². The number of hydrogen-bond donors (Lipinski definition) is 1. The van der Waals surface area contributed by atoms with Crippen LogP contribution in [0.3, 0.4) is 0 Å². The minimum absolute atomic E-state index is 0.0990. The lowest BCUT2D eigenvalue weighted by molar-refractivity contribution is 0.0979. The van der Waals surface area contributed by atoms with Gasteiger partial charge < -0.3 is 4.42 Å². The van der Waals surface area contributed by atoms with E-state index in [1.165, 1.54) is 6.07 Å². The highest BCUT2D eigenvalue weighted by atomic mass is 32.2. The fourth-order valence-electron chi connectivity index (χ4n) is 2.46. The van der Waals surface area contributed by atoms with Gasteiger partial charge in [0.25, 0.3) is 15.9 Å². The third kappa shape index (κ3) is 2.92. The number of hydrogen-bond acceptors (Lipinski definition) is 4. The van der Waals surface area contributed by atoms with Crippen molar-refractivity contribution < 1.29 is 17.6 Å². The molecule has 6 heteroatoms. The molecule has 1 amide bonds. The van der Waals surface area contributed by atoms with Crippen LogP contribution in [0.15, 0.2) is 27.5 Å². The lowest BCUT2D eigenvalue weighted by Gasteiger charge is -2.10. The second kappa shape index (κ2) is 5.61. The van der Waals surface area contributed by atoms with E-state index in [0.717, 1.165) is 5.56 Å². The van der Waals surface area contributed by atoms with Gasteiger partial charge in [-0.2, -0.15) is 0 Å². The number of benzene rings is 1. The molecule has 1 N–H and O–H groups in total. The maximum atomic E-state index is 12.4.